The molecule has 3 nitrogen and oxygen atoms in total. The SMILES string of the molecule is C1CCC(CNCCN2CCN3CCCCC3C2)CC1. The van der Waals surface area contributed by atoms with Crippen molar-refractivity contribution in [2.45, 2.75) is 57.4 Å². The Bertz CT molecular complexity index is 275. The van der Waals surface area contributed by atoms with E-state index in [1.165, 1.54) is 97.2 Å². The zero-order valence-corrected chi connectivity index (χ0v) is 13.2. The molecule has 0 spiro atoms. The minimum Gasteiger partial charge on any atom is -0.315 e. The van der Waals surface area contributed by atoms with Crippen molar-refractivity contribution in [1.82, 2.24) is 15.1 Å². The molecule has 20 heavy (non-hydrogen) atoms. The fourth-order valence-electron chi connectivity index (χ4n) is 4.36. The Labute approximate surface area is 125 Å². The summed E-state index contributed by atoms with van der Waals surface area (Å²) in [7, 11) is 0. The zero-order valence-electron chi connectivity index (χ0n) is 13.2. The van der Waals surface area contributed by atoms with Gasteiger partial charge in [0.15, 0.2) is 0 Å². The highest BCUT2D eigenvalue weighted by atomic mass is 15.3. The Morgan fingerprint density at radius 3 is 2.60 bits per heavy atom. The van der Waals surface area contributed by atoms with E-state index in [9.17, 15) is 0 Å². The highest BCUT2D eigenvalue weighted by Crippen LogP contribution is 2.23. The minimum absolute atomic E-state index is 0.871. The number of hydrogen-bond donors (Lipinski definition) is 1. The van der Waals surface area contributed by atoms with Crippen LogP contribution in [0.25, 0.3) is 0 Å². The van der Waals surface area contributed by atoms with Gasteiger partial charge < -0.3 is 5.32 Å². The van der Waals surface area contributed by atoms with Crippen LogP contribution in [0.2, 0.25) is 0 Å². The summed E-state index contributed by atoms with van der Waals surface area (Å²) in [4.78, 5) is 5.43. The monoisotopic (exact) mass is 279 g/mol. The van der Waals surface area contributed by atoms with Crippen LogP contribution in [0.3, 0.4) is 0 Å². The summed E-state index contributed by atoms with van der Waals surface area (Å²) in [5.41, 5.74) is 0. The maximum Gasteiger partial charge on any atom is 0.0223 e. The molecule has 2 saturated heterocycles. The van der Waals surface area contributed by atoms with Crippen molar-refractivity contribution < 1.29 is 0 Å². The van der Waals surface area contributed by atoms with E-state index in [4.69, 9.17) is 0 Å². The smallest absolute Gasteiger partial charge is 0.0223 e. The van der Waals surface area contributed by atoms with Crippen LogP contribution in [0.4, 0.5) is 0 Å². The van der Waals surface area contributed by atoms with E-state index in [1.54, 1.807) is 0 Å². The van der Waals surface area contributed by atoms with E-state index in [-0.39, 0.29) is 0 Å². The molecule has 1 saturated carbocycles. The molecule has 0 bridgehead atoms. The second-order valence-corrected chi connectivity index (χ2v) is 7.19. The van der Waals surface area contributed by atoms with Crippen molar-refractivity contribution in [2.24, 2.45) is 5.92 Å². The molecule has 3 rings (SSSR count). The molecule has 0 amide bonds. The summed E-state index contributed by atoms with van der Waals surface area (Å²) in [6.07, 6.45) is 11.7. The molecule has 0 aromatic rings. The summed E-state index contributed by atoms with van der Waals surface area (Å²) in [5.74, 6) is 0.971. The lowest BCUT2D eigenvalue weighted by Crippen LogP contribution is -2.55. The van der Waals surface area contributed by atoms with Crippen molar-refractivity contribution in [1.29, 1.82) is 0 Å². The van der Waals surface area contributed by atoms with E-state index >= 15 is 0 Å². The van der Waals surface area contributed by atoms with Gasteiger partial charge in [-0.25, -0.2) is 0 Å². The van der Waals surface area contributed by atoms with E-state index in [1.807, 2.05) is 0 Å². The van der Waals surface area contributed by atoms with Crippen molar-refractivity contribution >= 4 is 0 Å². The van der Waals surface area contributed by atoms with E-state index < -0.39 is 0 Å². The van der Waals surface area contributed by atoms with Crippen molar-refractivity contribution in [3.05, 3.63) is 0 Å². The number of nitrogens with zero attached hydrogens (tertiary/aromatic N) is 2. The van der Waals surface area contributed by atoms with Gasteiger partial charge in [-0.15, -0.1) is 0 Å². The lowest BCUT2D eigenvalue weighted by atomic mass is 9.89. The Morgan fingerprint density at radius 1 is 0.850 bits per heavy atom. The maximum absolute atomic E-state index is 3.72. The molecule has 116 valence electrons. The number of piperazine rings is 1. The Kier molecular flexibility index (Phi) is 5.75. The molecule has 1 aliphatic carbocycles. The van der Waals surface area contributed by atoms with E-state index in [0.29, 0.717) is 0 Å². The van der Waals surface area contributed by atoms with Gasteiger partial charge in [-0.3, -0.25) is 9.80 Å². The molecule has 1 unspecified atom stereocenters. The van der Waals surface area contributed by atoms with Crippen LogP contribution in [-0.2, 0) is 0 Å². The average Bonchev–Trinajstić information content (AvgIpc) is 2.52. The van der Waals surface area contributed by atoms with Crippen LogP contribution >= 0.6 is 0 Å². The van der Waals surface area contributed by atoms with Gasteiger partial charge in [0.2, 0.25) is 0 Å². The molecule has 2 aliphatic heterocycles. The quantitative estimate of drug-likeness (QED) is 0.779. The molecular weight excluding hydrogens is 246 g/mol. The van der Waals surface area contributed by atoms with Crippen molar-refractivity contribution in [3.63, 3.8) is 0 Å². The largest absolute Gasteiger partial charge is 0.315 e. The van der Waals surface area contributed by atoms with Crippen molar-refractivity contribution in [2.75, 3.05) is 45.8 Å². The van der Waals surface area contributed by atoms with Crippen LogP contribution in [0.15, 0.2) is 0 Å². The van der Waals surface area contributed by atoms with Crippen molar-refractivity contribution in [3.8, 4) is 0 Å². The van der Waals surface area contributed by atoms with Crippen LogP contribution in [0.1, 0.15) is 51.4 Å². The van der Waals surface area contributed by atoms with E-state index in [0.717, 1.165) is 12.0 Å². The predicted molar refractivity (Wildman–Crippen MR) is 85.1 cm³/mol. The first-order valence-electron chi connectivity index (χ1n) is 9.09. The zero-order chi connectivity index (χ0) is 13.6. The van der Waals surface area contributed by atoms with Gasteiger partial charge in [0.1, 0.15) is 0 Å². The Hall–Kier alpha value is -0.120. The highest BCUT2D eigenvalue weighted by molar-refractivity contribution is 4.85. The number of piperidine rings is 1. The lowest BCUT2D eigenvalue weighted by molar-refractivity contribution is 0.0498. The molecule has 0 radical (unpaired) electrons. The molecule has 0 aromatic heterocycles. The van der Waals surface area contributed by atoms with Crippen LogP contribution in [0.5, 0.6) is 0 Å². The maximum atomic E-state index is 3.72. The number of nitrogens with one attached hydrogen (secondary N) is 1. The molecule has 1 atom stereocenters. The van der Waals surface area contributed by atoms with Crippen LogP contribution < -0.4 is 5.32 Å². The highest BCUT2D eigenvalue weighted by Gasteiger charge is 2.28. The van der Waals surface area contributed by atoms with Gasteiger partial charge in [0.05, 0.1) is 0 Å². The molecule has 2 heterocycles. The summed E-state index contributed by atoms with van der Waals surface area (Å²) in [6.45, 7) is 9.02. The Morgan fingerprint density at radius 2 is 1.70 bits per heavy atom. The third-order valence-corrected chi connectivity index (χ3v) is 5.68. The van der Waals surface area contributed by atoms with Crippen LogP contribution in [0, 0.1) is 5.92 Å². The van der Waals surface area contributed by atoms with Gasteiger partial charge in [-0.2, -0.15) is 0 Å². The predicted octanol–water partition coefficient (Wildman–Crippen LogP) is 2.33. The fourth-order valence-corrected chi connectivity index (χ4v) is 4.36. The lowest BCUT2D eigenvalue weighted by Gasteiger charge is -2.44. The average molecular weight is 279 g/mol. The number of rotatable bonds is 5. The molecular formula is C17H33N3. The van der Waals surface area contributed by atoms with E-state index in [2.05, 4.69) is 15.1 Å². The molecule has 3 aliphatic rings. The fraction of sp³-hybridized carbons (Fsp3) is 1.00. The van der Waals surface area contributed by atoms with Gasteiger partial charge in [0, 0.05) is 38.8 Å². The summed E-state index contributed by atoms with van der Waals surface area (Å²) in [5, 5.41) is 3.72. The van der Waals surface area contributed by atoms with Gasteiger partial charge in [0.25, 0.3) is 0 Å². The molecule has 3 fully saturated rings. The third kappa shape index (κ3) is 4.19. The molecule has 0 aromatic carbocycles. The normalized spacial score (nSPS) is 30.3. The van der Waals surface area contributed by atoms with Gasteiger partial charge in [-0.1, -0.05) is 25.7 Å². The first-order valence-corrected chi connectivity index (χ1v) is 9.09. The molecule has 1 N–H and O–H groups in total. The number of fused-ring (bicyclic) bond motifs is 1. The molecule has 3 heteroatoms. The first kappa shape index (κ1) is 14.8. The third-order valence-electron chi connectivity index (χ3n) is 5.68. The van der Waals surface area contributed by atoms with Gasteiger partial charge >= 0.3 is 0 Å². The standard InChI is InChI=1S/C17H33N3/c1-2-6-16(7-3-1)14-18-9-11-19-12-13-20-10-5-4-8-17(20)15-19/h16-18H,1-15H2. The first-order chi connectivity index (χ1) is 9.92. The Balaban J connectivity index is 1.28. The second kappa shape index (κ2) is 7.77. The summed E-state index contributed by atoms with van der Waals surface area (Å²) in [6, 6.07) is 0.871. The van der Waals surface area contributed by atoms with Gasteiger partial charge in [-0.05, 0) is 44.7 Å². The number of hydrogen-bond acceptors (Lipinski definition) is 3. The summed E-state index contributed by atoms with van der Waals surface area (Å²) < 4.78 is 0. The topological polar surface area (TPSA) is 18.5 Å². The second-order valence-electron chi connectivity index (χ2n) is 7.19. The van der Waals surface area contributed by atoms with Crippen LogP contribution in [-0.4, -0.2) is 61.7 Å². The minimum atomic E-state index is 0.871. The summed E-state index contributed by atoms with van der Waals surface area (Å²) >= 11 is 0.